The van der Waals surface area contributed by atoms with Gasteiger partial charge in [0.25, 0.3) is 0 Å². The molecule has 5 aromatic rings. The van der Waals surface area contributed by atoms with Crippen LogP contribution in [0.2, 0.25) is 0 Å². The molecule has 6 nitrogen and oxygen atoms in total. The smallest absolute Gasteiger partial charge is 0.143 e. The summed E-state index contributed by atoms with van der Waals surface area (Å²) in [6.45, 7) is 0. The van der Waals surface area contributed by atoms with Gasteiger partial charge in [0, 0.05) is 34.0 Å². The number of allylic oxidation sites excluding steroid dienone is 1. The predicted octanol–water partition coefficient (Wildman–Crippen LogP) is 6.70. The molecule has 5 rings (SSSR count). The Balaban J connectivity index is 1.45. The lowest BCUT2D eigenvalue weighted by molar-refractivity contribution is 0.415. The number of hydrogen-bond acceptors (Lipinski definition) is 7. The number of rotatable bonds is 6. The topological polar surface area (TPSA) is 80.3 Å². The van der Waals surface area contributed by atoms with Crippen LogP contribution in [0.25, 0.3) is 38.8 Å². The van der Waals surface area contributed by atoms with E-state index in [1.165, 1.54) is 11.3 Å². The van der Waals surface area contributed by atoms with Crippen molar-refractivity contribution in [2.45, 2.75) is 0 Å². The molecule has 162 valence electrons. The fraction of sp³-hybridized carbons (Fsp3) is 0.0769. The maximum atomic E-state index is 9.74. The average Bonchev–Trinajstić information content (AvgIpc) is 3.49. The molecule has 33 heavy (non-hydrogen) atoms. The number of hydrogen-bond donors (Lipinski definition) is 1. The molecule has 0 atom stereocenters. The van der Waals surface area contributed by atoms with E-state index in [2.05, 4.69) is 16.4 Å². The first-order valence-corrected chi connectivity index (χ1v) is 11.0. The molecule has 0 amide bonds. The second-order valence-electron chi connectivity index (χ2n) is 7.23. The summed E-state index contributed by atoms with van der Waals surface area (Å²) in [5.74, 6) is 1.44. The molecule has 1 N–H and O–H groups in total. The number of thiazole rings is 1. The van der Waals surface area contributed by atoms with E-state index in [1.54, 1.807) is 20.4 Å². The van der Waals surface area contributed by atoms with E-state index in [1.807, 2.05) is 66.0 Å². The molecule has 0 spiro atoms. The van der Waals surface area contributed by atoms with Crippen molar-refractivity contribution in [2.24, 2.45) is 0 Å². The quantitative estimate of drug-likeness (QED) is 0.288. The first kappa shape index (κ1) is 20.6. The molecule has 0 saturated heterocycles. The molecule has 0 aliphatic rings. The van der Waals surface area contributed by atoms with E-state index in [0.717, 1.165) is 38.9 Å². The largest absolute Gasteiger partial charge is 0.497 e. The highest BCUT2D eigenvalue weighted by molar-refractivity contribution is 7.11. The lowest BCUT2D eigenvalue weighted by Crippen LogP contribution is -1.95. The fourth-order valence-corrected chi connectivity index (χ4v) is 4.41. The predicted molar refractivity (Wildman–Crippen MR) is 132 cm³/mol. The number of nitriles is 1. The van der Waals surface area contributed by atoms with Gasteiger partial charge in [0.05, 0.1) is 25.6 Å². The molecule has 0 fully saturated rings. The van der Waals surface area contributed by atoms with Crippen molar-refractivity contribution in [2.75, 3.05) is 19.5 Å². The van der Waals surface area contributed by atoms with Crippen LogP contribution in [0.4, 0.5) is 5.69 Å². The molecule has 0 unspecified atom stereocenters. The van der Waals surface area contributed by atoms with Gasteiger partial charge in [0.2, 0.25) is 0 Å². The zero-order valence-electron chi connectivity index (χ0n) is 18.0. The maximum absolute atomic E-state index is 9.74. The SMILES string of the molecule is COc1ccc(-c2csc(/C(C#N)=C/Nc3cc4oc5ccccc5c4cc3OC)n2)cc1. The van der Waals surface area contributed by atoms with Crippen LogP contribution in [0, 0.1) is 11.3 Å². The first-order chi connectivity index (χ1) is 16.2. The highest BCUT2D eigenvalue weighted by atomic mass is 32.1. The van der Waals surface area contributed by atoms with Gasteiger partial charge >= 0.3 is 0 Å². The lowest BCUT2D eigenvalue weighted by atomic mass is 10.1. The summed E-state index contributed by atoms with van der Waals surface area (Å²) in [5, 5.41) is 17.5. The Hall–Kier alpha value is -4.28. The standard InChI is InChI=1S/C26H19N3O3S/c1-30-18-9-7-16(8-10-18)22-15-33-26(29-22)17(13-27)14-28-21-12-24-20(11-25(21)31-2)19-5-3-4-6-23(19)32-24/h3-12,14-15,28H,1-2H3/b17-14+. The van der Waals surface area contributed by atoms with Gasteiger partial charge in [-0.25, -0.2) is 4.98 Å². The Labute approximate surface area is 194 Å². The zero-order chi connectivity index (χ0) is 22.8. The van der Waals surface area contributed by atoms with Crippen LogP contribution in [0.1, 0.15) is 5.01 Å². The third kappa shape index (κ3) is 3.88. The van der Waals surface area contributed by atoms with Crippen LogP contribution in [-0.2, 0) is 0 Å². The molecule has 0 radical (unpaired) electrons. The number of para-hydroxylation sites is 1. The van der Waals surface area contributed by atoms with Crippen LogP contribution in [-0.4, -0.2) is 19.2 Å². The number of furan rings is 1. The minimum Gasteiger partial charge on any atom is -0.497 e. The number of aromatic nitrogens is 1. The van der Waals surface area contributed by atoms with Crippen molar-refractivity contribution >= 4 is 44.5 Å². The van der Waals surface area contributed by atoms with Crippen LogP contribution in [0.15, 0.2) is 76.7 Å². The molecule has 0 bridgehead atoms. The van der Waals surface area contributed by atoms with Gasteiger partial charge in [-0.2, -0.15) is 5.26 Å². The Bertz CT molecular complexity index is 1520. The van der Waals surface area contributed by atoms with Crippen LogP contribution >= 0.6 is 11.3 Å². The van der Waals surface area contributed by atoms with Crippen molar-refractivity contribution in [3.63, 3.8) is 0 Å². The Morgan fingerprint density at radius 1 is 1.03 bits per heavy atom. The molecule has 2 aromatic heterocycles. The summed E-state index contributed by atoms with van der Waals surface area (Å²) < 4.78 is 16.8. The molecule has 0 saturated carbocycles. The molecule has 0 aliphatic carbocycles. The number of methoxy groups -OCH3 is 2. The third-order valence-corrected chi connectivity index (χ3v) is 6.19. The second-order valence-corrected chi connectivity index (χ2v) is 8.09. The van der Waals surface area contributed by atoms with Crippen molar-refractivity contribution in [3.8, 4) is 28.8 Å². The van der Waals surface area contributed by atoms with Crippen molar-refractivity contribution < 1.29 is 13.9 Å². The van der Waals surface area contributed by atoms with Crippen LogP contribution in [0.5, 0.6) is 11.5 Å². The summed E-state index contributed by atoms with van der Waals surface area (Å²) in [5.41, 5.74) is 4.44. The van der Waals surface area contributed by atoms with E-state index in [9.17, 15) is 5.26 Å². The van der Waals surface area contributed by atoms with E-state index >= 15 is 0 Å². The van der Waals surface area contributed by atoms with Gasteiger partial charge in [-0.1, -0.05) is 18.2 Å². The van der Waals surface area contributed by atoms with Gasteiger partial charge in [-0.3, -0.25) is 0 Å². The van der Waals surface area contributed by atoms with Gasteiger partial charge < -0.3 is 19.2 Å². The normalized spacial score (nSPS) is 11.5. The summed E-state index contributed by atoms with van der Waals surface area (Å²) in [7, 11) is 3.25. The average molecular weight is 454 g/mol. The van der Waals surface area contributed by atoms with Crippen molar-refractivity contribution in [3.05, 3.63) is 77.3 Å². The Morgan fingerprint density at radius 2 is 1.85 bits per heavy atom. The summed E-state index contributed by atoms with van der Waals surface area (Å²) in [6.07, 6.45) is 1.64. The Kier molecular flexibility index (Phi) is 5.43. The Morgan fingerprint density at radius 3 is 2.61 bits per heavy atom. The molecule has 7 heteroatoms. The fourth-order valence-electron chi connectivity index (χ4n) is 3.62. The molecule has 0 aliphatic heterocycles. The van der Waals surface area contributed by atoms with Gasteiger partial charge in [0.15, 0.2) is 0 Å². The number of ether oxygens (including phenoxy) is 2. The summed E-state index contributed by atoms with van der Waals surface area (Å²) >= 11 is 1.41. The monoisotopic (exact) mass is 453 g/mol. The number of benzene rings is 3. The van der Waals surface area contributed by atoms with Gasteiger partial charge in [-0.15, -0.1) is 11.3 Å². The van der Waals surface area contributed by atoms with Crippen LogP contribution < -0.4 is 14.8 Å². The number of nitrogens with one attached hydrogen (secondary N) is 1. The highest BCUT2D eigenvalue weighted by Crippen LogP contribution is 2.36. The summed E-state index contributed by atoms with van der Waals surface area (Å²) in [4.78, 5) is 4.64. The minimum absolute atomic E-state index is 0.423. The van der Waals surface area contributed by atoms with E-state index < -0.39 is 0 Å². The van der Waals surface area contributed by atoms with E-state index in [0.29, 0.717) is 22.0 Å². The van der Waals surface area contributed by atoms with Crippen molar-refractivity contribution in [1.82, 2.24) is 4.98 Å². The van der Waals surface area contributed by atoms with E-state index in [-0.39, 0.29) is 0 Å². The maximum Gasteiger partial charge on any atom is 0.143 e. The number of anilines is 1. The highest BCUT2D eigenvalue weighted by Gasteiger charge is 2.13. The van der Waals surface area contributed by atoms with Crippen LogP contribution in [0.3, 0.4) is 0 Å². The number of fused-ring (bicyclic) bond motifs is 3. The molecular formula is C26H19N3O3S. The molecule has 2 heterocycles. The minimum atomic E-state index is 0.423. The van der Waals surface area contributed by atoms with E-state index in [4.69, 9.17) is 13.9 Å². The summed E-state index contributed by atoms with van der Waals surface area (Å²) in [6, 6.07) is 21.6. The zero-order valence-corrected chi connectivity index (χ0v) is 18.8. The number of nitrogens with zero attached hydrogens (tertiary/aromatic N) is 2. The second kappa shape index (κ2) is 8.69. The van der Waals surface area contributed by atoms with Gasteiger partial charge in [0.1, 0.15) is 39.3 Å². The molecular weight excluding hydrogens is 434 g/mol. The van der Waals surface area contributed by atoms with Crippen molar-refractivity contribution in [1.29, 1.82) is 5.26 Å². The molecule has 3 aromatic carbocycles. The third-order valence-electron chi connectivity index (χ3n) is 5.31. The first-order valence-electron chi connectivity index (χ1n) is 10.2. The van der Waals surface area contributed by atoms with Gasteiger partial charge in [-0.05, 0) is 36.4 Å². The lowest BCUT2D eigenvalue weighted by Gasteiger charge is -2.08.